The van der Waals surface area contributed by atoms with Crippen LogP contribution in [0.1, 0.15) is 29.8 Å². The minimum Gasteiger partial charge on any atom is -0.383 e. The molecule has 0 aliphatic carbocycles. The van der Waals surface area contributed by atoms with E-state index in [0.29, 0.717) is 30.2 Å². The molecule has 2 heterocycles. The Morgan fingerprint density at radius 1 is 1.17 bits per heavy atom. The van der Waals surface area contributed by atoms with E-state index < -0.39 is 0 Å². The number of ether oxygens (including phenoxy) is 1. The summed E-state index contributed by atoms with van der Waals surface area (Å²) in [5.74, 6) is 0.0152. The number of amides is 2. The standard InChI is InChI=1S/C26H30N6O3/c1-16-10-11-20(30-25(33)19-8-6-5-7-9-19)12-22(16)31-24-23-18(3)21(13-32(23)28-15-27-24)26(34)29-17(2)14-35-4/h5-12,15,17,21H,13-14H2,1-4H3,(H,29,34)(H,30,33)(H,27,28,31)/t17-,21?/m0/s1. The quantitative estimate of drug-likeness (QED) is 0.570. The van der Waals surface area contributed by atoms with E-state index in [9.17, 15) is 9.59 Å². The van der Waals surface area contributed by atoms with Gasteiger partial charge in [-0.2, -0.15) is 5.10 Å². The van der Waals surface area contributed by atoms with Crippen LogP contribution in [0.2, 0.25) is 0 Å². The average molecular weight is 475 g/mol. The highest BCUT2D eigenvalue weighted by Gasteiger charge is 2.37. The molecule has 2 aromatic rings. The number of anilines is 2. The molecule has 0 spiro atoms. The Balaban J connectivity index is 1.52. The molecule has 2 amide bonds. The summed E-state index contributed by atoms with van der Waals surface area (Å²) >= 11 is 0. The van der Waals surface area contributed by atoms with Crippen molar-refractivity contribution in [2.45, 2.75) is 26.8 Å². The molecule has 9 heteroatoms. The van der Waals surface area contributed by atoms with Crippen molar-refractivity contribution in [2.24, 2.45) is 16.0 Å². The molecule has 0 saturated carbocycles. The smallest absolute Gasteiger partial charge is 0.255 e. The lowest BCUT2D eigenvalue weighted by Crippen LogP contribution is -2.41. The van der Waals surface area contributed by atoms with Gasteiger partial charge in [0.1, 0.15) is 12.0 Å². The predicted molar refractivity (Wildman–Crippen MR) is 138 cm³/mol. The second-order valence-corrected chi connectivity index (χ2v) is 8.71. The Labute approximate surface area is 205 Å². The number of carbonyl (C=O) groups excluding carboxylic acids is 2. The summed E-state index contributed by atoms with van der Waals surface area (Å²) in [6.45, 7) is 6.70. The van der Waals surface area contributed by atoms with E-state index in [4.69, 9.17) is 4.74 Å². The fourth-order valence-corrected chi connectivity index (χ4v) is 4.15. The van der Waals surface area contributed by atoms with Gasteiger partial charge in [0.15, 0.2) is 5.84 Å². The van der Waals surface area contributed by atoms with Crippen molar-refractivity contribution in [1.29, 1.82) is 0 Å². The molecule has 0 fully saturated rings. The lowest BCUT2D eigenvalue weighted by atomic mass is 10.0. The minimum atomic E-state index is -0.343. The van der Waals surface area contributed by atoms with E-state index >= 15 is 0 Å². The Bertz CT molecular complexity index is 1200. The number of aliphatic imine (C=N–C) groups is 1. The molecule has 0 aromatic heterocycles. The minimum absolute atomic E-state index is 0.0645. The van der Waals surface area contributed by atoms with Crippen LogP contribution in [-0.2, 0) is 9.53 Å². The van der Waals surface area contributed by atoms with Crippen molar-refractivity contribution < 1.29 is 14.3 Å². The molecule has 2 atom stereocenters. The summed E-state index contributed by atoms with van der Waals surface area (Å²) in [5, 5.41) is 15.5. The number of fused-ring (bicyclic) bond motifs is 1. The molecule has 0 radical (unpaired) electrons. The largest absolute Gasteiger partial charge is 0.383 e. The predicted octanol–water partition coefficient (Wildman–Crippen LogP) is 3.37. The van der Waals surface area contributed by atoms with Gasteiger partial charge in [-0.05, 0) is 56.2 Å². The van der Waals surface area contributed by atoms with E-state index in [1.54, 1.807) is 24.3 Å². The number of carbonyl (C=O) groups is 2. The summed E-state index contributed by atoms with van der Waals surface area (Å²) in [6, 6.07) is 14.6. The first-order valence-electron chi connectivity index (χ1n) is 11.5. The maximum atomic E-state index is 12.9. The molecular weight excluding hydrogens is 444 g/mol. The molecule has 4 rings (SSSR count). The van der Waals surface area contributed by atoms with Crippen LogP contribution < -0.4 is 16.0 Å². The zero-order chi connectivity index (χ0) is 24.9. The number of methoxy groups -OCH3 is 1. The highest BCUT2D eigenvalue weighted by molar-refractivity contribution is 6.13. The molecule has 0 bridgehead atoms. The van der Waals surface area contributed by atoms with Gasteiger partial charge in [0.05, 0.1) is 19.1 Å². The second-order valence-electron chi connectivity index (χ2n) is 8.71. The van der Waals surface area contributed by atoms with Crippen molar-refractivity contribution in [3.8, 4) is 0 Å². The molecule has 3 N–H and O–H groups in total. The summed E-state index contributed by atoms with van der Waals surface area (Å²) in [6.07, 6.45) is 1.48. The number of amidine groups is 1. The number of benzene rings is 2. The van der Waals surface area contributed by atoms with Gasteiger partial charge in [-0.15, -0.1) is 0 Å². The Kier molecular flexibility index (Phi) is 7.26. The molecule has 2 aliphatic rings. The summed E-state index contributed by atoms with van der Waals surface area (Å²) in [7, 11) is 1.61. The van der Waals surface area contributed by atoms with Crippen molar-refractivity contribution in [2.75, 3.05) is 30.9 Å². The zero-order valence-electron chi connectivity index (χ0n) is 20.3. The highest BCUT2D eigenvalue weighted by Crippen LogP contribution is 2.32. The molecule has 0 saturated heterocycles. The molecule has 2 aliphatic heterocycles. The van der Waals surface area contributed by atoms with E-state index in [1.807, 2.05) is 57.2 Å². The van der Waals surface area contributed by atoms with Gasteiger partial charge in [-0.3, -0.25) is 14.6 Å². The van der Waals surface area contributed by atoms with E-state index in [-0.39, 0.29) is 23.8 Å². The van der Waals surface area contributed by atoms with Crippen LogP contribution in [0.4, 0.5) is 11.4 Å². The fourth-order valence-electron chi connectivity index (χ4n) is 4.15. The topological polar surface area (TPSA) is 107 Å². The lowest BCUT2D eigenvalue weighted by molar-refractivity contribution is -0.124. The number of nitrogens with zero attached hydrogens (tertiary/aromatic N) is 3. The highest BCUT2D eigenvalue weighted by atomic mass is 16.5. The number of rotatable bonds is 7. The molecule has 2 aromatic carbocycles. The summed E-state index contributed by atoms with van der Waals surface area (Å²) in [5.41, 5.74) is 4.70. The zero-order valence-corrected chi connectivity index (χ0v) is 20.3. The number of hydrazone groups is 1. The monoisotopic (exact) mass is 474 g/mol. The van der Waals surface area contributed by atoms with Crippen LogP contribution in [0.3, 0.4) is 0 Å². The van der Waals surface area contributed by atoms with Crippen molar-refractivity contribution in [3.05, 3.63) is 70.9 Å². The van der Waals surface area contributed by atoms with Crippen molar-refractivity contribution in [1.82, 2.24) is 10.3 Å². The normalized spacial score (nSPS) is 17.5. The number of nitrogens with one attached hydrogen (secondary N) is 3. The van der Waals surface area contributed by atoms with Gasteiger partial charge in [0.25, 0.3) is 5.91 Å². The summed E-state index contributed by atoms with van der Waals surface area (Å²) < 4.78 is 5.13. The fraction of sp³-hybridized carbons (Fsp3) is 0.308. The van der Waals surface area contributed by atoms with Crippen LogP contribution in [0.15, 0.2) is 69.9 Å². The van der Waals surface area contributed by atoms with Gasteiger partial charge in [-0.25, -0.2) is 4.99 Å². The summed E-state index contributed by atoms with van der Waals surface area (Å²) in [4.78, 5) is 29.9. The molecule has 9 nitrogen and oxygen atoms in total. The first-order valence-corrected chi connectivity index (χ1v) is 11.5. The van der Waals surface area contributed by atoms with E-state index in [1.165, 1.54) is 6.34 Å². The number of hydrogen-bond acceptors (Lipinski definition) is 7. The molecule has 1 unspecified atom stereocenters. The number of hydrogen-bond donors (Lipinski definition) is 3. The number of aryl methyl sites for hydroxylation is 1. The van der Waals surface area contributed by atoms with Gasteiger partial charge >= 0.3 is 0 Å². The SMILES string of the molecule is COC[C@H](C)NC(=O)C1CN2N=CN=C(Nc3cc(NC(=O)c4ccccc4)ccc3C)C2=C1C. The maximum Gasteiger partial charge on any atom is 0.255 e. The van der Waals surface area contributed by atoms with Crippen LogP contribution in [0, 0.1) is 12.8 Å². The third-order valence-corrected chi connectivity index (χ3v) is 6.02. The van der Waals surface area contributed by atoms with Crippen molar-refractivity contribution in [3.63, 3.8) is 0 Å². The van der Waals surface area contributed by atoms with Crippen LogP contribution in [0.5, 0.6) is 0 Å². The second kappa shape index (κ2) is 10.5. The van der Waals surface area contributed by atoms with Crippen molar-refractivity contribution >= 4 is 35.4 Å². The Hall–Kier alpha value is -3.98. The Morgan fingerprint density at radius 3 is 2.69 bits per heavy atom. The van der Waals surface area contributed by atoms with Gasteiger partial charge in [0.2, 0.25) is 5.91 Å². The molecule has 182 valence electrons. The van der Waals surface area contributed by atoms with Crippen LogP contribution in [-0.4, -0.2) is 55.3 Å². The molecular formula is C26H30N6O3. The van der Waals surface area contributed by atoms with E-state index in [2.05, 4.69) is 26.0 Å². The van der Waals surface area contributed by atoms with Crippen LogP contribution in [0.25, 0.3) is 0 Å². The van der Waals surface area contributed by atoms with Gasteiger partial charge in [0, 0.05) is 30.1 Å². The van der Waals surface area contributed by atoms with Gasteiger partial charge in [-0.1, -0.05) is 24.3 Å². The first-order chi connectivity index (χ1) is 16.9. The first kappa shape index (κ1) is 24.2. The third kappa shape index (κ3) is 5.41. The third-order valence-electron chi connectivity index (χ3n) is 6.02. The van der Waals surface area contributed by atoms with E-state index in [0.717, 1.165) is 22.5 Å². The molecule has 35 heavy (non-hydrogen) atoms. The average Bonchev–Trinajstić information content (AvgIpc) is 3.19. The van der Waals surface area contributed by atoms with Gasteiger partial charge < -0.3 is 20.7 Å². The maximum absolute atomic E-state index is 12.9. The Morgan fingerprint density at radius 2 is 1.94 bits per heavy atom. The lowest BCUT2D eigenvalue weighted by Gasteiger charge is -2.23. The van der Waals surface area contributed by atoms with Crippen LogP contribution >= 0.6 is 0 Å².